The third kappa shape index (κ3) is 2.32. The van der Waals surface area contributed by atoms with Crippen LogP contribution in [0.25, 0.3) is 0 Å². The molecule has 1 N–H and O–H groups in total. The highest BCUT2D eigenvalue weighted by atomic mass is 32.1. The predicted octanol–water partition coefficient (Wildman–Crippen LogP) is 1.27. The highest BCUT2D eigenvalue weighted by Gasteiger charge is 2.40. The van der Waals surface area contributed by atoms with Crippen molar-refractivity contribution in [3.05, 3.63) is 28.3 Å². The van der Waals surface area contributed by atoms with Crippen LogP contribution < -0.4 is 5.32 Å². The highest BCUT2D eigenvalue weighted by Crippen LogP contribution is 2.30. The van der Waals surface area contributed by atoms with Gasteiger partial charge in [0, 0.05) is 26.1 Å². The summed E-state index contributed by atoms with van der Waals surface area (Å²) >= 11 is 1.32. The number of aromatic nitrogens is 3. The van der Waals surface area contributed by atoms with Gasteiger partial charge in [0.15, 0.2) is 5.82 Å². The van der Waals surface area contributed by atoms with Crippen LogP contribution in [0.2, 0.25) is 0 Å². The Bertz CT molecular complexity index is 590. The third-order valence-electron chi connectivity index (χ3n) is 3.44. The van der Waals surface area contributed by atoms with Gasteiger partial charge in [0.2, 0.25) is 6.39 Å². The summed E-state index contributed by atoms with van der Waals surface area (Å²) in [6.07, 6.45) is 2.52. The molecule has 1 amide bonds. The molecular formula is C12H14N4O3S. The van der Waals surface area contributed by atoms with Crippen LogP contribution in [-0.2, 0) is 10.3 Å². The number of thiazole rings is 1. The summed E-state index contributed by atoms with van der Waals surface area (Å²) in [5.41, 5.74) is 1.76. The number of nitrogens with one attached hydrogen (secondary N) is 1. The highest BCUT2D eigenvalue weighted by molar-refractivity contribution is 7.11. The summed E-state index contributed by atoms with van der Waals surface area (Å²) in [5, 5.41) is 6.94. The minimum atomic E-state index is -0.626. The van der Waals surface area contributed by atoms with E-state index in [2.05, 4.69) is 20.4 Å². The van der Waals surface area contributed by atoms with E-state index in [4.69, 9.17) is 9.26 Å². The van der Waals surface area contributed by atoms with Gasteiger partial charge in [-0.05, 0) is 6.92 Å². The van der Waals surface area contributed by atoms with Crippen LogP contribution in [0, 0.1) is 6.92 Å². The van der Waals surface area contributed by atoms with Crippen molar-refractivity contribution in [2.45, 2.75) is 25.3 Å². The van der Waals surface area contributed by atoms with Crippen LogP contribution in [-0.4, -0.2) is 34.2 Å². The van der Waals surface area contributed by atoms with E-state index in [9.17, 15) is 4.79 Å². The van der Waals surface area contributed by atoms with Gasteiger partial charge in [0.05, 0.1) is 11.2 Å². The van der Waals surface area contributed by atoms with E-state index in [0.717, 1.165) is 5.69 Å². The van der Waals surface area contributed by atoms with E-state index >= 15 is 0 Å². The smallest absolute Gasteiger partial charge is 0.264 e. The zero-order valence-electron chi connectivity index (χ0n) is 11.0. The molecule has 1 fully saturated rings. The molecule has 3 rings (SSSR count). The number of ether oxygens (including phenoxy) is 1. The number of hydrogen-bond acceptors (Lipinski definition) is 7. The van der Waals surface area contributed by atoms with E-state index < -0.39 is 5.54 Å². The van der Waals surface area contributed by atoms with Gasteiger partial charge in [0.25, 0.3) is 5.91 Å². The number of aryl methyl sites for hydroxylation is 1. The summed E-state index contributed by atoms with van der Waals surface area (Å²) in [6, 6.07) is 0. The molecule has 20 heavy (non-hydrogen) atoms. The third-order valence-corrected chi connectivity index (χ3v) is 4.37. The van der Waals surface area contributed by atoms with Crippen LogP contribution in [0.15, 0.2) is 16.4 Å². The molecule has 7 nitrogen and oxygen atoms in total. The molecule has 0 radical (unpaired) electrons. The summed E-state index contributed by atoms with van der Waals surface area (Å²) in [4.78, 5) is 21.2. The number of carbonyl (C=O) groups excluding carboxylic acids is 1. The maximum Gasteiger partial charge on any atom is 0.264 e. The average Bonchev–Trinajstić information content (AvgIpc) is 3.10. The SMILES string of the molecule is Cc1ncsc1C(=O)NC1(c2ncon2)CCOCC1. The fourth-order valence-electron chi connectivity index (χ4n) is 2.30. The molecule has 0 aromatic carbocycles. The Balaban J connectivity index is 1.88. The molecule has 2 aromatic rings. The first kappa shape index (κ1) is 13.2. The second kappa shape index (κ2) is 5.29. The van der Waals surface area contributed by atoms with Gasteiger partial charge in [0.1, 0.15) is 10.4 Å². The average molecular weight is 294 g/mol. The molecular weight excluding hydrogens is 280 g/mol. The van der Waals surface area contributed by atoms with Crippen LogP contribution in [0.1, 0.15) is 34.0 Å². The van der Waals surface area contributed by atoms with Crippen molar-refractivity contribution >= 4 is 17.2 Å². The van der Waals surface area contributed by atoms with Crippen LogP contribution in [0.4, 0.5) is 0 Å². The lowest BCUT2D eigenvalue weighted by atomic mass is 9.89. The Morgan fingerprint density at radius 1 is 1.40 bits per heavy atom. The second-order valence-corrected chi connectivity index (χ2v) is 5.53. The molecule has 2 aromatic heterocycles. The van der Waals surface area contributed by atoms with Crippen molar-refractivity contribution in [1.29, 1.82) is 0 Å². The lowest BCUT2D eigenvalue weighted by Gasteiger charge is -2.35. The Morgan fingerprint density at radius 3 is 2.80 bits per heavy atom. The number of amides is 1. The normalized spacial score (nSPS) is 17.9. The Kier molecular flexibility index (Phi) is 3.49. The van der Waals surface area contributed by atoms with Crippen molar-refractivity contribution in [3.63, 3.8) is 0 Å². The van der Waals surface area contributed by atoms with Gasteiger partial charge in [-0.15, -0.1) is 11.3 Å². The molecule has 8 heteroatoms. The van der Waals surface area contributed by atoms with Crippen LogP contribution in [0.3, 0.4) is 0 Å². The summed E-state index contributed by atoms with van der Waals surface area (Å²) < 4.78 is 10.2. The van der Waals surface area contributed by atoms with Crippen molar-refractivity contribution in [1.82, 2.24) is 20.4 Å². The number of nitrogens with zero attached hydrogens (tertiary/aromatic N) is 3. The maximum absolute atomic E-state index is 12.4. The first-order chi connectivity index (χ1) is 9.71. The summed E-state index contributed by atoms with van der Waals surface area (Å²) in [5.74, 6) is 0.341. The quantitative estimate of drug-likeness (QED) is 0.916. The fourth-order valence-corrected chi connectivity index (χ4v) is 3.00. The molecule has 106 valence electrons. The van der Waals surface area contributed by atoms with Gasteiger partial charge in [-0.25, -0.2) is 4.98 Å². The Labute approximate surface area is 119 Å². The molecule has 0 atom stereocenters. The van der Waals surface area contributed by atoms with Crippen molar-refractivity contribution < 1.29 is 14.1 Å². The molecule has 0 aliphatic carbocycles. The van der Waals surface area contributed by atoms with Crippen LogP contribution >= 0.6 is 11.3 Å². The monoisotopic (exact) mass is 294 g/mol. The second-order valence-electron chi connectivity index (χ2n) is 4.67. The first-order valence-electron chi connectivity index (χ1n) is 6.28. The summed E-state index contributed by atoms with van der Waals surface area (Å²) in [7, 11) is 0. The standard InChI is InChI=1S/C12H14N4O3S/c1-8-9(20-7-14-8)10(17)15-12(2-4-18-5-3-12)11-13-6-19-16-11/h6-7H,2-5H2,1H3,(H,15,17). The molecule has 1 aliphatic rings. The molecule has 3 heterocycles. The van der Waals surface area contributed by atoms with Crippen LogP contribution in [0.5, 0.6) is 0 Å². The lowest BCUT2D eigenvalue weighted by Crippen LogP contribution is -2.50. The zero-order chi connectivity index (χ0) is 14.0. The summed E-state index contributed by atoms with van der Waals surface area (Å²) in [6.45, 7) is 2.92. The molecule has 1 aliphatic heterocycles. The molecule has 0 unspecified atom stereocenters. The molecule has 0 saturated carbocycles. The maximum atomic E-state index is 12.4. The van der Waals surface area contributed by atoms with Gasteiger partial charge < -0.3 is 14.6 Å². The fraction of sp³-hybridized carbons (Fsp3) is 0.500. The van der Waals surface area contributed by atoms with Gasteiger partial charge in [-0.2, -0.15) is 4.98 Å². The van der Waals surface area contributed by atoms with Crippen molar-refractivity contribution in [2.24, 2.45) is 0 Å². The topological polar surface area (TPSA) is 90.1 Å². The van der Waals surface area contributed by atoms with Gasteiger partial charge in [-0.3, -0.25) is 4.79 Å². The Hall–Kier alpha value is -1.80. The number of carbonyl (C=O) groups is 1. The van der Waals surface area contributed by atoms with E-state index in [0.29, 0.717) is 36.8 Å². The zero-order valence-corrected chi connectivity index (χ0v) is 11.8. The van der Waals surface area contributed by atoms with Gasteiger partial charge >= 0.3 is 0 Å². The predicted molar refractivity (Wildman–Crippen MR) is 70.3 cm³/mol. The number of rotatable bonds is 3. The largest absolute Gasteiger partial charge is 0.381 e. The molecule has 1 saturated heterocycles. The number of hydrogen-bond donors (Lipinski definition) is 1. The minimum Gasteiger partial charge on any atom is -0.381 e. The van der Waals surface area contributed by atoms with E-state index in [1.165, 1.54) is 17.7 Å². The van der Waals surface area contributed by atoms with Crippen molar-refractivity contribution in [2.75, 3.05) is 13.2 Å². The van der Waals surface area contributed by atoms with E-state index in [-0.39, 0.29) is 5.91 Å². The minimum absolute atomic E-state index is 0.156. The van der Waals surface area contributed by atoms with Gasteiger partial charge in [-0.1, -0.05) is 5.16 Å². The molecule has 0 bridgehead atoms. The first-order valence-corrected chi connectivity index (χ1v) is 7.16. The molecule has 0 spiro atoms. The lowest BCUT2D eigenvalue weighted by molar-refractivity contribution is 0.0307. The van der Waals surface area contributed by atoms with E-state index in [1.807, 2.05) is 6.92 Å². The Morgan fingerprint density at radius 2 is 2.20 bits per heavy atom. The van der Waals surface area contributed by atoms with Crippen molar-refractivity contribution in [3.8, 4) is 0 Å². The van der Waals surface area contributed by atoms with E-state index in [1.54, 1.807) is 5.51 Å².